The number of fused-ring (bicyclic) bond motifs is 1. The quantitative estimate of drug-likeness (QED) is 0.425. The van der Waals surface area contributed by atoms with Crippen molar-refractivity contribution in [2.24, 2.45) is 5.92 Å². The molecular weight excluding hydrogens is 424 g/mol. The topological polar surface area (TPSA) is 118 Å². The summed E-state index contributed by atoms with van der Waals surface area (Å²) < 4.78 is 5.03. The van der Waals surface area contributed by atoms with E-state index in [-0.39, 0.29) is 5.56 Å². The van der Waals surface area contributed by atoms with Gasteiger partial charge in [-0.3, -0.25) is 15.0 Å². The summed E-state index contributed by atoms with van der Waals surface area (Å²) in [7, 11) is 0. The predicted molar refractivity (Wildman–Crippen MR) is 111 cm³/mol. The molecule has 1 aliphatic carbocycles. The first-order chi connectivity index (χ1) is 14.8. The minimum atomic E-state index is -0.963. The van der Waals surface area contributed by atoms with E-state index in [2.05, 4.69) is 22.7 Å². The van der Waals surface area contributed by atoms with Gasteiger partial charge in [0.1, 0.15) is 10.7 Å². The molecule has 2 heterocycles. The molecule has 162 valence electrons. The smallest absolute Gasteiger partial charge is 0.344 e. The molecule has 31 heavy (non-hydrogen) atoms. The lowest BCUT2D eigenvalue weighted by molar-refractivity contribution is -0.141. The third-order valence-corrected chi connectivity index (χ3v) is 5.96. The van der Waals surface area contributed by atoms with Crippen LogP contribution in [0.25, 0.3) is 10.9 Å². The summed E-state index contributed by atoms with van der Waals surface area (Å²) in [5, 5.41) is 4.41. The lowest BCUT2D eigenvalue weighted by Gasteiger charge is -2.33. The SMILES string of the molecule is CC1CCC2(CC1)NC(=O)N(NC(=O)COC(=O)c1ccc3nc(Cl)ccc3c1)C2=O. The molecule has 1 saturated heterocycles. The molecule has 0 atom stereocenters. The number of amides is 4. The van der Waals surface area contributed by atoms with Crippen LogP contribution >= 0.6 is 11.6 Å². The lowest BCUT2D eigenvalue weighted by atomic mass is 9.77. The fraction of sp³-hybridized carbons (Fsp3) is 0.381. The number of pyridine rings is 1. The van der Waals surface area contributed by atoms with Crippen LogP contribution in [0.1, 0.15) is 43.0 Å². The summed E-state index contributed by atoms with van der Waals surface area (Å²) in [6.07, 6.45) is 2.70. The number of rotatable bonds is 4. The monoisotopic (exact) mass is 444 g/mol. The molecule has 2 aliphatic rings. The van der Waals surface area contributed by atoms with Crippen LogP contribution < -0.4 is 10.7 Å². The fourth-order valence-corrected chi connectivity index (χ4v) is 4.07. The molecule has 4 amide bonds. The van der Waals surface area contributed by atoms with Gasteiger partial charge < -0.3 is 10.1 Å². The molecule has 1 aromatic carbocycles. The number of nitrogens with zero attached hydrogens (tertiary/aromatic N) is 2. The van der Waals surface area contributed by atoms with E-state index in [1.807, 2.05) is 0 Å². The Labute approximate surface area is 183 Å². The number of imide groups is 1. The minimum absolute atomic E-state index is 0.231. The largest absolute Gasteiger partial charge is 0.452 e. The van der Waals surface area contributed by atoms with Crippen LogP contribution in [-0.4, -0.2) is 46.0 Å². The summed E-state index contributed by atoms with van der Waals surface area (Å²) in [6.45, 7) is 1.46. The number of aromatic nitrogens is 1. The first-order valence-electron chi connectivity index (χ1n) is 9.97. The number of halogens is 1. The summed E-state index contributed by atoms with van der Waals surface area (Å²) >= 11 is 5.85. The van der Waals surface area contributed by atoms with Crippen molar-refractivity contribution in [1.82, 2.24) is 20.7 Å². The summed E-state index contributed by atoms with van der Waals surface area (Å²) in [6, 6.07) is 7.34. The van der Waals surface area contributed by atoms with Crippen LogP contribution in [0.2, 0.25) is 5.15 Å². The van der Waals surface area contributed by atoms with E-state index < -0.39 is 36.0 Å². The van der Waals surface area contributed by atoms with Crippen LogP contribution in [-0.2, 0) is 14.3 Å². The highest BCUT2D eigenvalue weighted by molar-refractivity contribution is 6.29. The molecule has 2 N–H and O–H groups in total. The molecule has 1 spiro atoms. The first kappa shape index (κ1) is 21.0. The second-order valence-corrected chi connectivity index (χ2v) is 8.38. The molecule has 1 aliphatic heterocycles. The van der Waals surface area contributed by atoms with Gasteiger partial charge in [0.25, 0.3) is 11.8 Å². The lowest BCUT2D eigenvalue weighted by Crippen LogP contribution is -2.52. The van der Waals surface area contributed by atoms with Gasteiger partial charge in [0.2, 0.25) is 0 Å². The Balaban J connectivity index is 1.35. The van der Waals surface area contributed by atoms with Crippen LogP contribution in [0.15, 0.2) is 30.3 Å². The van der Waals surface area contributed by atoms with E-state index in [0.717, 1.165) is 12.8 Å². The maximum absolute atomic E-state index is 12.7. The Hall–Kier alpha value is -3.20. The van der Waals surface area contributed by atoms with Gasteiger partial charge in [-0.2, -0.15) is 5.01 Å². The van der Waals surface area contributed by atoms with Gasteiger partial charge in [0.05, 0.1) is 11.1 Å². The molecule has 1 aromatic heterocycles. The zero-order valence-electron chi connectivity index (χ0n) is 16.8. The Kier molecular flexibility index (Phi) is 5.53. The molecule has 10 heteroatoms. The number of carbonyl (C=O) groups is 4. The minimum Gasteiger partial charge on any atom is -0.452 e. The second kappa shape index (κ2) is 8.14. The number of hydrogen-bond acceptors (Lipinski definition) is 6. The van der Waals surface area contributed by atoms with Crippen molar-refractivity contribution in [3.8, 4) is 0 Å². The first-order valence-corrected chi connectivity index (χ1v) is 10.3. The van der Waals surface area contributed by atoms with Crippen molar-refractivity contribution in [2.75, 3.05) is 6.61 Å². The van der Waals surface area contributed by atoms with Crippen LogP contribution in [0.3, 0.4) is 0 Å². The zero-order chi connectivity index (χ0) is 22.2. The van der Waals surface area contributed by atoms with Crippen molar-refractivity contribution in [3.63, 3.8) is 0 Å². The van der Waals surface area contributed by atoms with E-state index in [4.69, 9.17) is 16.3 Å². The van der Waals surface area contributed by atoms with Crippen molar-refractivity contribution in [1.29, 1.82) is 0 Å². The summed E-state index contributed by atoms with van der Waals surface area (Å²) in [4.78, 5) is 53.6. The maximum Gasteiger partial charge on any atom is 0.344 e. The highest BCUT2D eigenvalue weighted by atomic mass is 35.5. The van der Waals surface area contributed by atoms with E-state index in [1.54, 1.807) is 24.3 Å². The fourth-order valence-electron chi connectivity index (χ4n) is 3.91. The number of nitrogens with one attached hydrogen (secondary N) is 2. The van der Waals surface area contributed by atoms with Gasteiger partial charge in [0.15, 0.2) is 6.61 Å². The average Bonchev–Trinajstić information content (AvgIpc) is 2.98. The van der Waals surface area contributed by atoms with Gasteiger partial charge in [0, 0.05) is 5.39 Å². The van der Waals surface area contributed by atoms with Crippen LogP contribution in [0.5, 0.6) is 0 Å². The Morgan fingerprint density at radius 1 is 1.26 bits per heavy atom. The third kappa shape index (κ3) is 4.18. The standard InChI is InChI=1S/C21H21ClN4O5/c1-12-6-8-21(9-7-12)19(29)26(20(30)24-21)25-17(27)11-31-18(28)14-2-4-15-13(10-14)3-5-16(22)23-15/h2-5,10,12H,6-9,11H2,1H3,(H,24,30)(H,25,27). The third-order valence-electron chi connectivity index (χ3n) is 5.75. The Bertz CT molecular complexity index is 1080. The molecule has 0 bridgehead atoms. The maximum atomic E-state index is 12.7. The van der Waals surface area contributed by atoms with Crippen molar-refractivity contribution in [2.45, 2.75) is 38.1 Å². The van der Waals surface area contributed by atoms with Crippen molar-refractivity contribution in [3.05, 3.63) is 41.0 Å². The van der Waals surface area contributed by atoms with Crippen LogP contribution in [0.4, 0.5) is 4.79 Å². The predicted octanol–water partition coefficient (Wildman–Crippen LogP) is 2.58. The molecule has 0 radical (unpaired) electrons. The molecule has 9 nitrogen and oxygen atoms in total. The molecular formula is C21H21ClN4O5. The number of esters is 1. The summed E-state index contributed by atoms with van der Waals surface area (Å²) in [5.74, 6) is -1.50. The van der Waals surface area contributed by atoms with Crippen molar-refractivity contribution < 1.29 is 23.9 Å². The molecule has 1 saturated carbocycles. The highest BCUT2D eigenvalue weighted by Gasteiger charge is 2.52. The number of hydrazine groups is 1. The number of hydrogen-bond donors (Lipinski definition) is 2. The van der Waals surface area contributed by atoms with Crippen LogP contribution in [0, 0.1) is 5.92 Å². The number of urea groups is 1. The number of ether oxygens (including phenoxy) is 1. The van der Waals surface area contributed by atoms with E-state index in [1.165, 1.54) is 6.07 Å². The summed E-state index contributed by atoms with van der Waals surface area (Å²) in [5.41, 5.74) is 2.12. The average molecular weight is 445 g/mol. The highest BCUT2D eigenvalue weighted by Crippen LogP contribution is 2.35. The van der Waals surface area contributed by atoms with Gasteiger partial charge in [-0.1, -0.05) is 18.5 Å². The zero-order valence-corrected chi connectivity index (χ0v) is 17.6. The van der Waals surface area contributed by atoms with E-state index >= 15 is 0 Å². The van der Waals surface area contributed by atoms with E-state index in [0.29, 0.717) is 39.8 Å². The van der Waals surface area contributed by atoms with Crippen molar-refractivity contribution >= 4 is 46.3 Å². The van der Waals surface area contributed by atoms with Gasteiger partial charge in [-0.05, 0) is 61.9 Å². The molecule has 2 fully saturated rings. The Morgan fingerprint density at radius 3 is 2.74 bits per heavy atom. The van der Waals surface area contributed by atoms with Gasteiger partial charge in [-0.15, -0.1) is 0 Å². The number of carbonyl (C=O) groups excluding carboxylic acids is 4. The van der Waals surface area contributed by atoms with Gasteiger partial charge >= 0.3 is 12.0 Å². The molecule has 2 aromatic rings. The Morgan fingerprint density at radius 2 is 2.00 bits per heavy atom. The second-order valence-electron chi connectivity index (χ2n) is 7.99. The normalized spacial score (nSPS) is 23.2. The molecule has 4 rings (SSSR count). The molecule has 0 unspecified atom stereocenters. The van der Waals surface area contributed by atoms with Gasteiger partial charge in [-0.25, -0.2) is 14.6 Å². The number of benzene rings is 1. The van der Waals surface area contributed by atoms with E-state index in [9.17, 15) is 19.2 Å².